The molecule has 0 rings (SSSR count). The lowest BCUT2D eigenvalue weighted by molar-refractivity contribution is -0.146. The minimum atomic E-state index is -0.616. The van der Waals surface area contributed by atoms with Crippen LogP contribution >= 0.6 is 0 Å². The second-order valence-corrected chi connectivity index (χ2v) is 7.06. The lowest BCUT2D eigenvalue weighted by Gasteiger charge is -2.19. The molecule has 158 valence electrons. The molecule has 0 bridgehead atoms. The normalized spacial score (nSPS) is 12.3. The summed E-state index contributed by atoms with van der Waals surface area (Å²) in [5.74, 6) is -0.355. The van der Waals surface area contributed by atoms with Crippen LogP contribution in [-0.4, -0.2) is 55.9 Å². The number of esters is 1. The zero-order valence-electron chi connectivity index (χ0n) is 17.6. The Morgan fingerprint density at radius 2 is 1.67 bits per heavy atom. The van der Waals surface area contributed by atoms with Gasteiger partial charge in [0.25, 0.3) is 0 Å². The molecular formula is C21H40N2O4. The predicted molar refractivity (Wildman–Crippen MR) is 109 cm³/mol. The van der Waals surface area contributed by atoms with E-state index in [4.69, 9.17) is 9.47 Å². The van der Waals surface area contributed by atoms with E-state index in [-0.39, 0.29) is 18.5 Å². The van der Waals surface area contributed by atoms with Gasteiger partial charge in [-0.15, -0.1) is 0 Å². The van der Waals surface area contributed by atoms with E-state index in [1.807, 2.05) is 7.05 Å². The van der Waals surface area contributed by atoms with Gasteiger partial charge in [0, 0.05) is 19.5 Å². The highest BCUT2D eigenvalue weighted by Crippen LogP contribution is 2.15. The van der Waals surface area contributed by atoms with Gasteiger partial charge in [-0.3, -0.25) is 4.79 Å². The Balaban J connectivity index is 4.27. The number of unbranched alkanes of at least 4 members (excludes halogenated alkanes) is 5. The van der Waals surface area contributed by atoms with E-state index < -0.39 is 12.2 Å². The maximum absolute atomic E-state index is 12.0. The van der Waals surface area contributed by atoms with E-state index >= 15 is 0 Å². The Hall–Kier alpha value is -1.30. The van der Waals surface area contributed by atoms with Crippen molar-refractivity contribution in [3.63, 3.8) is 0 Å². The van der Waals surface area contributed by atoms with Gasteiger partial charge in [0.05, 0.1) is 0 Å². The zero-order valence-corrected chi connectivity index (χ0v) is 17.6. The van der Waals surface area contributed by atoms with Gasteiger partial charge >= 0.3 is 12.1 Å². The molecule has 6 heteroatoms. The van der Waals surface area contributed by atoms with Gasteiger partial charge in [-0.05, 0) is 46.7 Å². The monoisotopic (exact) mass is 384 g/mol. The smallest absolute Gasteiger partial charge is 0.407 e. The number of likely N-dealkylation sites (N-methyl/N-ethyl adjacent to an activating group) is 1. The van der Waals surface area contributed by atoms with Gasteiger partial charge in [-0.1, -0.05) is 46.0 Å². The van der Waals surface area contributed by atoms with Crippen LogP contribution in [0.15, 0.2) is 0 Å². The van der Waals surface area contributed by atoms with Gasteiger partial charge in [0.2, 0.25) is 0 Å². The minimum absolute atomic E-state index is 0.202. The van der Waals surface area contributed by atoms with Crippen molar-refractivity contribution in [1.82, 2.24) is 10.2 Å². The van der Waals surface area contributed by atoms with Crippen LogP contribution in [0.1, 0.15) is 71.6 Å². The molecule has 0 fully saturated rings. The van der Waals surface area contributed by atoms with Gasteiger partial charge < -0.3 is 19.7 Å². The van der Waals surface area contributed by atoms with Gasteiger partial charge in [-0.2, -0.15) is 0 Å². The summed E-state index contributed by atoms with van der Waals surface area (Å²) in [7, 11) is 2.00. The van der Waals surface area contributed by atoms with Gasteiger partial charge in [0.15, 0.2) is 0 Å². The Bertz CT molecular complexity index is 388. The van der Waals surface area contributed by atoms with Crippen LogP contribution in [0.5, 0.6) is 0 Å². The third-order valence-electron chi connectivity index (χ3n) is 4.42. The van der Waals surface area contributed by atoms with Crippen LogP contribution in [0.3, 0.4) is 0 Å². The molecule has 0 aliphatic rings. The van der Waals surface area contributed by atoms with Crippen molar-refractivity contribution in [3.8, 4) is 0 Å². The van der Waals surface area contributed by atoms with Crippen LogP contribution < -0.4 is 5.32 Å². The number of carbonyl (C=O) groups excluding carboxylic acids is 2. The number of carbonyl (C=O) groups is 2. The van der Waals surface area contributed by atoms with Crippen LogP contribution in [0.25, 0.3) is 0 Å². The molecule has 0 unspecified atom stereocenters. The maximum atomic E-state index is 12.0. The maximum Gasteiger partial charge on any atom is 0.407 e. The average Bonchev–Trinajstić information content (AvgIpc) is 2.61. The van der Waals surface area contributed by atoms with Gasteiger partial charge in [0.1, 0.15) is 12.2 Å². The van der Waals surface area contributed by atoms with Gasteiger partial charge in [-0.25, -0.2) is 4.79 Å². The molecule has 0 aliphatic carbocycles. The fourth-order valence-electron chi connectivity index (χ4n) is 2.64. The molecule has 1 amide bonds. The third kappa shape index (κ3) is 16.6. The molecule has 1 atom stereocenters. The Morgan fingerprint density at radius 3 is 2.30 bits per heavy atom. The van der Waals surface area contributed by atoms with Crippen molar-refractivity contribution < 1.29 is 19.1 Å². The first-order chi connectivity index (χ1) is 12.9. The Kier molecular flexibility index (Phi) is 16.0. The minimum Gasteiger partial charge on any atom is -0.462 e. The molecule has 1 N–H and O–H groups in total. The number of hydrogen-bond acceptors (Lipinski definition) is 5. The molecule has 0 saturated heterocycles. The summed E-state index contributed by atoms with van der Waals surface area (Å²) in [6, 6.07) is 0. The molecule has 27 heavy (non-hydrogen) atoms. The Labute approximate surface area is 166 Å². The van der Waals surface area contributed by atoms with Crippen molar-refractivity contribution in [2.45, 2.75) is 83.8 Å². The van der Waals surface area contributed by atoms with Crippen molar-refractivity contribution in [3.05, 3.63) is 13.8 Å². The summed E-state index contributed by atoms with van der Waals surface area (Å²) in [4.78, 5) is 25.8. The van der Waals surface area contributed by atoms with E-state index in [0.717, 1.165) is 32.4 Å². The molecular weight excluding hydrogens is 344 g/mol. The SMILES string of the molecule is [CH2]C([CH2])OC(=O)CC[C@@H](CCCCCCCC)OC(=O)NCCN(C)CC. The summed E-state index contributed by atoms with van der Waals surface area (Å²) in [6.45, 7) is 13.6. The topological polar surface area (TPSA) is 67.9 Å². The summed E-state index contributed by atoms with van der Waals surface area (Å²) >= 11 is 0. The summed E-state index contributed by atoms with van der Waals surface area (Å²) in [6.07, 6.45) is 7.15. The molecule has 0 aliphatic heterocycles. The average molecular weight is 385 g/mol. The first-order valence-electron chi connectivity index (χ1n) is 10.4. The molecule has 2 radical (unpaired) electrons. The largest absolute Gasteiger partial charge is 0.462 e. The van der Waals surface area contributed by atoms with Crippen LogP contribution in [0.4, 0.5) is 4.79 Å². The second-order valence-electron chi connectivity index (χ2n) is 7.06. The number of nitrogens with one attached hydrogen (secondary N) is 1. The molecule has 0 spiro atoms. The highest BCUT2D eigenvalue weighted by molar-refractivity contribution is 5.70. The summed E-state index contributed by atoms with van der Waals surface area (Å²) in [5, 5.41) is 2.78. The van der Waals surface area contributed by atoms with Crippen molar-refractivity contribution in [2.75, 3.05) is 26.7 Å². The molecule has 6 nitrogen and oxygen atoms in total. The molecule has 0 aromatic heterocycles. The number of ether oxygens (including phenoxy) is 2. The van der Waals surface area contributed by atoms with Crippen molar-refractivity contribution >= 4 is 12.1 Å². The third-order valence-corrected chi connectivity index (χ3v) is 4.42. The van der Waals surface area contributed by atoms with Crippen molar-refractivity contribution in [2.24, 2.45) is 0 Å². The molecule has 0 heterocycles. The van der Waals surface area contributed by atoms with Crippen LogP contribution in [-0.2, 0) is 14.3 Å². The van der Waals surface area contributed by atoms with E-state index in [1.165, 1.54) is 25.7 Å². The first-order valence-corrected chi connectivity index (χ1v) is 10.4. The molecule has 0 aromatic carbocycles. The number of amides is 1. The van der Waals surface area contributed by atoms with E-state index in [1.54, 1.807) is 0 Å². The van der Waals surface area contributed by atoms with Crippen LogP contribution in [0.2, 0.25) is 0 Å². The highest BCUT2D eigenvalue weighted by atomic mass is 16.6. The standard InChI is InChI=1S/C21H40N2O4/c1-6-8-9-10-11-12-13-19(14-15-20(24)26-18(3)4)27-21(25)22-16-17-23(5)7-2/h18-19H,3-4,6-17H2,1-2,5H3,(H,22,25)/t19-/m1/s1. The van der Waals surface area contributed by atoms with Crippen LogP contribution in [0, 0.1) is 13.8 Å². The molecule has 0 saturated carbocycles. The van der Waals surface area contributed by atoms with E-state index in [9.17, 15) is 9.59 Å². The second kappa shape index (κ2) is 16.8. The van der Waals surface area contributed by atoms with E-state index in [2.05, 4.69) is 37.9 Å². The number of hydrogen-bond donors (Lipinski definition) is 1. The first kappa shape index (κ1) is 25.7. The highest BCUT2D eigenvalue weighted by Gasteiger charge is 2.17. The Morgan fingerprint density at radius 1 is 1.00 bits per heavy atom. The lowest BCUT2D eigenvalue weighted by atomic mass is 10.0. The zero-order chi connectivity index (χ0) is 20.5. The molecule has 0 aromatic rings. The fourth-order valence-corrected chi connectivity index (χ4v) is 2.64. The van der Waals surface area contributed by atoms with Crippen molar-refractivity contribution in [1.29, 1.82) is 0 Å². The quantitative estimate of drug-likeness (QED) is 0.320. The number of alkyl carbamates (subject to hydrolysis) is 1. The number of rotatable bonds is 16. The predicted octanol–water partition coefficient (Wildman–Crippen LogP) is 4.14. The lowest BCUT2D eigenvalue weighted by Crippen LogP contribution is -2.35. The fraction of sp³-hybridized carbons (Fsp3) is 0.810. The summed E-state index contributed by atoms with van der Waals surface area (Å²) in [5.41, 5.74) is 0. The summed E-state index contributed by atoms with van der Waals surface area (Å²) < 4.78 is 10.5. The number of nitrogens with zero attached hydrogens (tertiary/aromatic N) is 1. The van der Waals surface area contributed by atoms with E-state index in [0.29, 0.717) is 13.0 Å².